The molecule has 0 fully saturated rings. The van der Waals surface area contributed by atoms with Crippen LogP contribution < -0.4 is 15.2 Å². The quantitative estimate of drug-likeness (QED) is 0.789. The molecule has 0 aliphatic rings. The fourth-order valence-corrected chi connectivity index (χ4v) is 4.02. The van der Waals surface area contributed by atoms with Gasteiger partial charge < -0.3 is 10.5 Å². The molecule has 1 heterocycles. The third-order valence-corrected chi connectivity index (χ3v) is 5.83. The Morgan fingerprint density at radius 1 is 1.38 bits per heavy atom. The predicted octanol–water partition coefficient (Wildman–Crippen LogP) is 2.58. The van der Waals surface area contributed by atoms with Crippen LogP contribution >= 0.6 is 23.6 Å². The van der Waals surface area contributed by atoms with Crippen LogP contribution in [0.3, 0.4) is 0 Å². The first-order valence-electron chi connectivity index (χ1n) is 6.07. The van der Waals surface area contributed by atoms with E-state index in [0.29, 0.717) is 22.9 Å². The number of thiocarbonyl (C=S) groups is 1. The molecule has 2 aromatic rings. The lowest BCUT2D eigenvalue weighted by molar-refractivity contribution is 0.340. The summed E-state index contributed by atoms with van der Waals surface area (Å²) in [4.78, 5) is 0.744. The first-order chi connectivity index (χ1) is 9.92. The highest BCUT2D eigenvalue weighted by Crippen LogP contribution is 2.25. The van der Waals surface area contributed by atoms with Gasteiger partial charge in [-0.1, -0.05) is 18.3 Å². The van der Waals surface area contributed by atoms with E-state index in [1.165, 1.54) is 6.07 Å². The van der Waals surface area contributed by atoms with Crippen LogP contribution in [0.15, 0.2) is 40.6 Å². The average molecular weight is 342 g/mol. The highest BCUT2D eigenvalue weighted by Gasteiger charge is 2.17. The Hall–Kier alpha value is -1.64. The van der Waals surface area contributed by atoms with Crippen LogP contribution in [0.2, 0.25) is 0 Å². The monoisotopic (exact) mass is 342 g/mol. The molecule has 21 heavy (non-hydrogen) atoms. The van der Waals surface area contributed by atoms with Crippen molar-refractivity contribution >= 4 is 44.3 Å². The predicted molar refractivity (Wildman–Crippen MR) is 88.6 cm³/mol. The van der Waals surface area contributed by atoms with Crippen LogP contribution in [0.5, 0.6) is 5.75 Å². The fourth-order valence-electron chi connectivity index (χ4n) is 1.62. The van der Waals surface area contributed by atoms with Gasteiger partial charge in [-0.2, -0.15) is 0 Å². The molecule has 0 spiro atoms. The summed E-state index contributed by atoms with van der Waals surface area (Å²) in [6.07, 6.45) is 0. The molecular weight excluding hydrogens is 328 g/mol. The zero-order chi connectivity index (χ0) is 15.5. The van der Waals surface area contributed by atoms with Crippen molar-refractivity contribution in [2.24, 2.45) is 5.73 Å². The SMILES string of the molecule is CCOc1cccc(NS(=O)(=O)c2ccc(C(N)=S)s2)c1. The second kappa shape index (κ2) is 6.42. The minimum atomic E-state index is -3.66. The molecule has 3 N–H and O–H groups in total. The van der Waals surface area contributed by atoms with Crippen LogP contribution in [0.25, 0.3) is 0 Å². The molecule has 2 rings (SSSR count). The number of nitrogens with two attached hydrogens (primary N) is 1. The number of hydrogen-bond acceptors (Lipinski definition) is 5. The molecule has 1 aromatic heterocycles. The maximum atomic E-state index is 12.3. The van der Waals surface area contributed by atoms with Crippen LogP contribution in [-0.4, -0.2) is 20.0 Å². The average Bonchev–Trinajstić information content (AvgIpc) is 2.89. The van der Waals surface area contributed by atoms with Gasteiger partial charge in [-0.15, -0.1) is 11.3 Å². The van der Waals surface area contributed by atoms with Crippen LogP contribution in [-0.2, 0) is 10.0 Å². The molecule has 0 atom stereocenters. The van der Waals surface area contributed by atoms with Gasteiger partial charge in [0.2, 0.25) is 0 Å². The van der Waals surface area contributed by atoms with Crippen molar-refractivity contribution in [3.05, 3.63) is 41.3 Å². The van der Waals surface area contributed by atoms with Crippen LogP contribution in [0.1, 0.15) is 11.8 Å². The molecule has 1 aromatic carbocycles. The molecule has 0 aliphatic heterocycles. The Kier molecular flexibility index (Phi) is 4.81. The van der Waals surface area contributed by atoms with E-state index in [1.807, 2.05) is 6.92 Å². The summed E-state index contributed by atoms with van der Waals surface area (Å²) in [6, 6.07) is 9.84. The summed E-state index contributed by atoms with van der Waals surface area (Å²) in [5.74, 6) is 0.604. The van der Waals surface area contributed by atoms with Crippen molar-refractivity contribution in [3.8, 4) is 5.75 Å². The molecule has 0 unspecified atom stereocenters. The van der Waals surface area contributed by atoms with Crippen molar-refractivity contribution in [3.63, 3.8) is 0 Å². The van der Waals surface area contributed by atoms with Crippen molar-refractivity contribution < 1.29 is 13.2 Å². The Morgan fingerprint density at radius 3 is 2.76 bits per heavy atom. The van der Waals surface area contributed by atoms with Crippen LogP contribution in [0.4, 0.5) is 5.69 Å². The maximum Gasteiger partial charge on any atom is 0.271 e. The summed E-state index contributed by atoms with van der Waals surface area (Å²) >= 11 is 5.86. The molecule has 8 heteroatoms. The first-order valence-corrected chi connectivity index (χ1v) is 8.78. The van der Waals surface area contributed by atoms with Crippen molar-refractivity contribution in [1.82, 2.24) is 0 Å². The minimum Gasteiger partial charge on any atom is -0.494 e. The number of hydrogen-bond donors (Lipinski definition) is 2. The first kappa shape index (κ1) is 15.7. The van der Waals surface area contributed by atoms with E-state index in [-0.39, 0.29) is 9.20 Å². The Bertz CT molecular complexity index is 754. The molecule has 0 bridgehead atoms. The van der Waals surface area contributed by atoms with Gasteiger partial charge in [0.25, 0.3) is 10.0 Å². The normalized spacial score (nSPS) is 11.1. The molecule has 0 saturated heterocycles. The molecule has 112 valence electrons. The van der Waals surface area contributed by atoms with E-state index in [2.05, 4.69) is 4.72 Å². The van der Waals surface area contributed by atoms with Crippen molar-refractivity contribution in [1.29, 1.82) is 0 Å². The van der Waals surface area contributed by atoms with Gasteiger partial charge in [-0.05, 0) is 31.2 Å². The van der Waals surface area contributed by atoms with Gasteiger partial charge in [-0.25, -0.2) is 8.42 Å². The number of ether oxygens (including phenoxy) is 1. The van der Waals surface area contributed by atoms with Gasteiger partial charge >= 0.3 is 0 Å². The summed E-state index contributed by atoms with van der Waals surface area (Å²) in [6.45, 7) is 2.37. The summed E-state index contributed by atoms with van der Waals surface area (Å²) in [5, 5.41) is 0. The number of thiophene rings is 1. The van der Waals surface area contributed by atoms with Gasteiger partial charge in [0.15, 0.2) is 0 Å². The molecule has 0 aliphatic carbocycles. The molecule has 0 amide bonds. The van der Waals surface area contributed by atoms with E-state index in [1.54, 1.807) is 30.3 Å². The van der Waals surface area contributed by atoms with E-state index >= 15 is 0 Å². The molecule has 5 nitrogen and oxygen atoms in total. The number of anilines is 1. The van der Waals surface area contributed by atoms with Gasteiger partial charge in [0.1, 0.15) is 14.9 Å². The number of nitrogens with one attached hydrogen (secondary N) is 1. The summed E-state index contributed by atoms with van der Waals surface area (Å²) in [7, 11) is -3.66. The number of rotatable bonds is 6. The van der Waals surface area contributed by atoms with Crippen molar-refractivity contribution in [2.75, 3.05) is 11.3 Å². The molecule has 0 saturated carbocycles. The fraction of sp³-hybridized carbons (Fsp3) is 0.154. The third-order valence-electron chi connectivity index (χ3n) is 2.49. The Morgan fingerprint density at radius 2 is 2.14 bits per heavy atom. The summed E-state index contributed by atoms with van der Waals surface area (Å²) in [5.41, 5.74) is 5.92. The van der Waals surface area contributed by atoms with Gasteiger partial charge in [0, 0.05) is 6.07 Å². The topological polar surface area (TPSA) is 81.4 Å². The highest BCUT2D eigenvalue weighted by molar-refractivity contribution is 7.94. The lowest BCUT2D eigenvalue weighted by atomic mass is 10.3. The van der Waals surface area contributed by atoms with E-state index < -0.39 is 10.0 Å². The lowest BCUT2D eigenvalue weighted by Gasteiger charge is -2.08. The minimum absolute atomic E-state index is 0.159. The second-order valence-electron chi connectivity index (χ2n) is 4.05. The molecular formula is C13H14N2O3S3. The van der Waals surface area contributed by atoms with Gasteiger partial charge in [0.05, 0.1) is 17.2 Å². The lowest BCUT2D eigenvalue weighted by Crippen LogP contribution is -2.11. The smallest absolute Gasteiger partial charge is 0.271 e. The van der Waals surface area contributed by atoms with Crippen LogP contribution in [0, 0.1) is 0 Å². The Labute approximate surface area is 132 Å². The second-order valence-corrected chi connectivity index (χ2v) is 7.48. The zero-order valence-corrected chi connectivity index (χ0v) is 13.6. The third kappa shape index (κ3) is 3.93. The standard InChI is InChI=1S/C13H14N2O3S3/c1-2-18-10-5-3-4-9(8-10)15-21(16,17)12-7-6-11(20-12)13(14)19/h3-8,15H,2H2,1H3,(H2,14,19). The van der Waals surface area contributed by atoms with Gasteiger partial charge in [-0.3, -0.25) is 4.72 Å². The number of benzene rings is 1. The highest BCUT2D eigenvalue weighted by atomic mass is 32.2. The van der Waals surface area contributed by atoms with E-state index in [4.69, 9.17) is 22.7 Å². The molecule has 0 radical (unpaired) electrons. The Balaban J connectivity index is 2.24. The van der Waals surface area contributed by atoms with E-state index in [9.17, 15) is 8.42 Å². The summed E-state index contributed by atoms with van der Waals surface area (Å²) < 4.78 is 32.6. The van der Waals surface area contributed by atoms with Crippen molar-refractivity contribution in [2.45, 2.75) is 11.1 Å². The maximum absolute atomic E-state index is 12.3. The van der Waals surface area contributed by atoms with E-state index in [0.717, 1.165) is 11.3 Å². The zero-order valence-electron chi connectivity index (χ0n) is 11.2. The largest absolute Gasteiger partial charge is 0.494 e. The number of sulfonamides is 1.